The van der Waals surface area contributed by atoms with Crippen LogP contribution in [0.15, 0.2) is 59.5 Å². The van der Waals surface area contributed by atoms with E-state index in [2.05, 4.69) is 15.5 Å². The zero-order valence-electron chi connectivity index (χ0n) is 17.5. The highest BCUT2D eigenvalue weighted by molar-refractivity contribution is 5.90. The normalized spacial score (nSPS) is 13.5. The fourth-order valence-corrected chi connectivity index (χ4v) is 3.77. The third kappa shape index (κ3) is 3.63. The number of aromatic nitrogens is 4. The van der Waals surface area contributed by atoms with Crippen molar-refractivity contribution >= 4 is 22.5 Å². The number of hydrogen-bond donors (Lipinski definition) is 1. The van der Waals surface area contributed by atoms with Crippen molar-refractivity contribution in [1.82, 2.24) is 19.6 Å². The molecule has 1 fully saturated rings. The molecule has 2 heterocycles. The van der Waals surface area contributed by atoms with Gasteiger partial charge in [-0.3, -0.25) is 9.59 Å². The molecule has 0 spiro atoms. The fraction of sp³-hybridized carbons (Fsp3) is 0.250. The molecule has 0 saturated heterocycles. The molecule has 1 aliphatic rings. The Morgan fingerprint density at radius 3 is 2.58 bits per heavy atom. The predicted octanol–water partition coefficient (Wildman–Crippen LogP) is 3.72. The summed E-state index contributed by atoms with van der Waals surface area (Å²) >= 11 is 0. The Bertz CT molecular complexity index is 1350. The number of fused-ring (bicyclic) bond motifs is 1. The molecule has 7 heteroatoms. The highest BCUT2D eigenvalue weighted by Gasteiger charge is 2.30. The highest BCUT2D eigenvalue weighted by Crippen LogP contribution is 2.41. The largest absolute Gasteiger partial charge is 0.324 e. The summed E-state index contributed by atoms with van der Waals surface area (Å²) in [5.41, 5.74) is 4.80. The molecule has 5 rings (SSSR count). The maximum atomic E-state index is 13.4. The van der Waals surface area contributed by atoms with Crippen LogP contribution in [-0.4, -0.2) is 25.5 Å². The average molecular weight is 413 g/mol. The number of amides is 1. The van der Waals surface area contributed by atoms with Crippen molar-refractivity contribution < 1.29 is 4.79 Å². The van der Waals surface area contributed by atoms with Crippen molar-refractivity contribution in [1.29, 1.82) is 0 Å². The maximum absolute atomic E-state index is 13.4. The van der Waals surface area contributed by atoms with E-state index < -0.39 is 0 Å². The molecule has 1 N–H and O–H groups in total. The lowest BCUT2D eigenvalue weighted by molar-refractivity contribution is -0.117. The van der Waals surface area contributed by atoms with Crippen LogP contribution in [0, 0.1) is 13.8 Å². The predicted molar refractivity (Wildman–Crippen MR) is 120 cm³/mol. The van der Waals surface area contributed by atoms with Crippen LogP contribution in [0.25, 0.3) is 16.6 Å². The summed E-state index contributed by atoms with van der Waals surface area (Å²) in [6.07, 6.45) is 3.79. The number of carbonyl (C=O) groups is 1. The second kappa shape index (κ2) is 7.50. The van der Waals surface area contributed by atoms with Crippen molar-refractivity contribution in [3.63, 3.8) is 0 Å². The van der Waals surface area contributed by atoms with E-state index in [4.69, 9.17) is 0 Å². The highest BCUT2D eigenvalue weighted by atomic mass is 16.2. The molecule has 0 unspecified atom stereocenters. The summed E-state index contributed by atoms with van der Waals surface area (Å²) in [5.74, 6) is 0.0167. The van der Waals surface area contributed by atoms with E-state index in [0.717, 1.165) is 35.2 Å². The first-order valence-electron chi connectivity index (χ1n) is 10.4. The molecular formula is C24H23N5O2. The Balaban J connectivity index is 1.59. The minimum Gasteiger partial charge on any atom is -0.324 e. The Morgan fingerprint density at radius 1 is 1.10 bits per heavy atom. The van der Waals surface area contributed by atoms with Gasteiger partial charge in [-0.15, -0.1) is 0 Å². The van der Waals surface area contributed by atoms with Gasteiger partial charge in [-0.1, -0.05) is 24.3 Å². The van der Waals surface area contributed by atoms with Gasteiger partial charge >= 0.3 is 0 Å². The van der Waals surface area contributed by atoms with Gasteiger partial charge in [0.05, 0.1) is 17.6 Å². The van der Waals surface area contributed by atoms with E-state index in [1.165, 1.54) is 10.2 Å². The molecule has 7 nitrogen and oxygen atoms in total. The molecule has 0 atom stereocenters. The Hall–Kier alpha value is -3.74. The topological polar surface area (TPSA) is 81.8 Å². The van der Waals surface area contributed by atoms with Crippen LogP contribution in [-0.2, 0) is 11.3 Å². The fourth-order valence-electron chi connectivity index (χ4n) is 3.77. The average Bonchev–Trinajstić information content (AvgIpc) is 3.50. The third-order valence-corrected chi connectivity index (χ3v) is 5.76. The lowest BCUT2D eigenvalue weighted by atomic mass is 10.1. The smallest absolute Gasteiger partial charge is 0.293 e. The molecule has 0 radical (unpaired) electrons. The lowest BCUT2D eigenvalue weighted by Gasteiger charge is -2.11. The summed E-state index contributed by atoms with van der Waals surface area (Å²) < 4.78 is 2.94. The lowest BCUT2D eigenvalue weighted by Crippen LogP contribution is -2.31. The summed E-state index contributed by atoms with van der Waals surface area (Å²) in [6.45, 7) is 3.93. The van der Waals surface area contributed by atoms with E-state index in [0.29, 0.717) is 17.1 Å². The maximum Gasteiger partial charge on any atom is 0.293 e. The van der Waals surface area contributed by atoms with Gasteiger partial charge in [0.15, 0.2) is 0 Å². The number of rotatable bonds is 5. The number of para-hydroxylation sites is 1. The van der Waals surface area contributed by atoms with Crippen LogP contribution < -0.4 is 10.9 Å². The second-order valence-corrected chi connectivity index (χ2v) is 8.12. The number of nitrogens with zero attached hydrogens (tertiary/aromatic N) is 4. The number of anilines is 1. The molecule has 31 heavy (non-hydrogen) atoms. The zero-order valence-corrected chi connectivity index (χ0v) is 17.5. The molecular weight excluding hydrogens is 390 g/mol. The number of benzene rings is 2. The van der Waals surface area contributed by atoms with Crippen LogP contribution in [0.3, 0.4) is 0 Å². The monoisotopic (exact) mass is 413 g/mol. The van der Waals surface area contributed by atoms with E-state index in [1.807, 2.05) is 62.4 Å². The molecule has 1 amide bonds. The summed E-state index contributed by atoms with van der Waals surface area (Å²) in [7, 11) is 0. The van der Waals surface area contributed by atoms with E-state index in [1.54, 1.807) is 10.9 Å². The first kappa shape index (κ1) is 19.2. The third-order valence-electron chi connectivity index (χ3n) is 5.76. The Kier molecular flexibility index (Phi) is 4.66. The van der Waals surface area contributed by atoms with Crippen LogP contribution in [0.2, 0.25) is 0 Å². The van der Waals surface area contributed by atoms with Crippen LogP contribution in [0.4, 0.5) is 5.69 Å². The van der Waals surface area contributed by atoms with Gasteiger partial charge < -0.3 is 5.32 Å². The van der Waals surface area contributed by atoms with Gasteiger partial charge in [0, 0.05) is 17.0 Å². The molecule has 2 aromatic carbocycles. The summed E-state index contributed by atoms with van der Waals surface area (Å²) in [5, 5.41) is 12.7. The van der Waals surface area contributed by atoms with Gasteiger partial charge in [0.2, 0.25) is 5.91 Å². The molecule has 1 saturated carbocycles. The van der Waals surface area contributed by atoms with Crippen LogP contribution in [0.5, 0.6) is 0 Å². The molecule has 0 aliphatic heterocycles. The van der Waals surface area contributed by atoms with Gasteiger partial charge in [0.25, 0.3) is 5.56 Å². The number of carbonyl (C=O) groups excluding carboxylic acids is 1. The minimum atomic E-state index is -0.321. The minimum absolute atomic E-state index is 0.151. The van der Waals surface area contributed by atoms with Gasteiger partial charge in [-0.05, 0) is 62.1 Å². The Labute approximate surface area is 179 Å². The van der Waals surface area contributed by atoms with E-state index >= 15 is 0 Å². The van der Waals surface area contributed by atoms with Crippen molar-refractivity contribution in [3.8, 4) is 5.69 Å². The second-order valence-electron chi connectivity index (χ2n) is 8.12. The van der Waals surface area contributed by atoms with Crippen molar-refractivity contribution in [2.75, 3.05) is 5.32 Å². The van der Waals surface area contributed by atoms with E-state index in [9.17, 15) is 9.59 Å². The van der Waals surface area contributed by atoms with Crippen LogP contribution >= 0.6 is 0 Å². The van der Waals surface area contributed by atoms with E-state index in [-0.39, 0.29) is 18.0 Å². The summed E-state index contributed by atoms with van der Waals surface area (Å²) in [6, 6.07) is 15.2. The summed E-state index contributed by atoms with van der Waals surface area (Å²) in [4.78, 5) is 26.0. The molecule has 156 valence electrons. The van der Waals surface area contributed by atoms with Crippen LogP contribution in [0.1, 0.15) is 35.6 Å². The molecule has 4 aromatic rings. The molecule has 0 bridgehead atoms. The Morgan fingerprint density at radius 2 is 1.87 bits per heavy atom. The zero-order chi connectivity index (χ0) is 21.5. The molecule has 2 aromatic heterocycles. The van der Waals surface area contributed by atoms with Gasteiger partial charge in [0.1, 0.15) is 12.1 Å². The van der Waals surface area contributed by atoms with Gasteiger partial charge in [-0.25, -0.2) is 9.36 Å². The first-order valence-corrected chi connectivity index (χ1v) is 10.4. The number of nitrogens with one attached hydrogen (secondary N) is 1. The standard InChI is InChI=1S/C24H23N5O2/c1-15-8-11-19(12-16(15)2)29-23-20(13-25-29)22(17-9-10-17)27-28(24(23)31)14-21(30)26-18-6-4-3-5-7-18/h3-8,11-13,17H,9-10,14H2,1-2H3,(H,26,30). The molecule has 1 aliphatic carbocycles. The van der Waals surface area contributed by atoms with Crippen molar-refractivity contribution in [3.05, 3.63) is 81.9 Å². The van der Waals surface area contributed by atoms with Gasteiger partial charge in [-0.2, -0.15) is 10.2 Å². The quantitative estimate of drug-likeness (QED) is 0.541. The van der Waals surface area contributed by atoms with Crippen molar-refractivity contribution in [2.24, 2.45) is 0 Å². The van der Waals surface area contributed by atoms with Crippen molar-refractivity contribution in [2.45, 2.75) is 39.2 Å². The number of hydrogen-bond acceptors (Lipinski definition) is 4. The number of aryl methyl sites for hydroxylation is 2. The SMILES string of the molecule is Cc1ccc(-n2ncc3c(C4CC4)nn(CC(=O)Nc4ccccc4)c(=O)c32)cc1C. The first-order chi connectivity index (χ1) is 15.0.